The lowest BCUT2D eigenvalue weighted by Gasteiger charge is -2.40. The first-order chi connectivity index (χ1) is 25.9. The van der Waals surface area contributed by atoms with Crippen LogP contribution in [0.3, 0.4) is 0 Å². The number of hydrogen-bond acceptors (Lipinski definition) is 11. The maximum absolute atomic E-state index is 5.87. The van der Waals surface area contributed by atoms with Crippen molar-refractivity contribution in [2.45, 2.75) is 32.0 Å². The van der Waals surface area contributed by atoms with Crippen LogP contribution in [0.25, 0.3) is 22.3 Å². The van der Waals surface area contributed by atoms with E-state index in [0.717, 1.165) is 77.3 Å². The summed E-state index contributed by atoms with van der Waals surface area (Å²) in [6.45, 7) is 3.34. The normalized spacial score (nSPS) is 13.3. The smallest absolute Gasteiger partial charge is 0.203 e. The zero-order valence-corrected chi connectivity index (χ0v) is 31.5. The van der Waals surface area contributed by atoms with Crippen molar-refractivity contribution in [1.82, 2.24) is 14.9 Å². The highest BCUT2D eigenvalue weighted by Gasteiger charge is 2.27. The average Bonchev–Trinajstić information content (AvgIpc) is 3.22. The molecule has 3 aromatic carbocycles. The lowest BCUT2D eigenvalue weighted by atomic mass is 9.99. The van der Waals surface area contributed by atoms with Crippen LogP contribution in [0.2, 0.25) is 0 Å². The Hall–Kier alpha value is -5.68. The molecule has 0 N–H and O–H groups in total. The molecule has 2 aromatic heterocycles. The number of para-hydroxylation sites is 2. The van der Waals surface area contributed by atoms with Gasteiger partial charge in [0.25, 0.3) is 0 Å². The van der Waals surface area contributed by atoms with Crippen molar-refractivity contribution >= 4 is 5.69 Å². The SMILES string of the molecule is COc1ccccc1N(Cc1cncc(-c2cc(OC)c(OC)c(OC)c2)c1)C1CCN(Cc2cncc(-c3cc(OC)c(OC)c(OC)c3)c2)CC1. The number of nitrogens with zero attached hydrogens (tertiary/aromatic N) is 4. The number of pyridine rings is 2. The molecule has 1 aliphatic heterocycles. The van der Waals surface area contributed by atoms with Gasteiger partial charge in [-0.1, -0.05) is 12.1 Å². The molecule has 0 atom stereocenters. The summed E-state index contributed by atoms with van der Waals surface area (Å²) in [7, 11) is 11.4. The Bertz CT molecular complexity index is 1950. The Morgan fingerprint density at radius 3 is 1.51 bits per heavy atom. The lowest BCUT2D eigenvalue weighted by Crippen LogP contribution is -2.44. The minimum absolute atomic E-state index is 0.288. The van der Waals surface area contributed by atoms with Crippen molar-refractivity contribution in [3.8, 4) is 62.5 Å². The van der Waals surface area contributed by atoms with Gasteiger partial charge < -0.3 is 38.1 Å². The van der Waals surface area contributed by atoms with E-state index in [1.54, 1.807) is 49.8 Å². The van der Waals surface area contributed by atoms with Crippen LogP contribution >= 0.6 is 0 Å². The van der Waals surface area contributed by atoms with Crippen molar-refractivity contribution < 1.29 is 33.2 Å². The third-order valence-electron chi connectivity index (χ3n) is 9.74. The van der Waals surface area contributed by atoms with Gasteiger partial charge in [0.05, 0.1) is 55.5 Å². The minimum atomic E-state index is 0.288. The van der Waals surface area contributed by atoms with Crippen LogP contribution in [0.4, 0.5) is 5.69 Å². The maximum atomic E-state index is 5.87. The van der Waals surface area contributed by atoms with E-state index in [-0.39, 0.29) is 6.04 Å². The Balaban J connectivity index is 1.21. The summed E-state index contributed by atoms with van der Waals surface area (Å²) >= 11 is 0. The molecule has 53 heavy (non-hydrogen) atoms. The second kappa shape index (κ2) is 17.2. The Morgan fingerprint density at radius 1 is 0.547 bits per heavy atom. The van der Waals surface area contributed by atoms with Gasteiger partial charge in [-0.3, -0.25) is 14.9 Å². The highest BCUT2D eigenvalue weighted by molar-refractivity contribution is 5.72. The van der Waals surface area contributed by atoms with Gasteiger partial charge in [-0.05, 0) is 83.6 Å². The van der Waals surface area contributed by atoms with Crippen molar-refractivity contribution in [3.63, 3.8) is 0 Å². The van der Waals surface area contributed by atoms with E-state index in [2.05, 4.69) is 44.0 Å². The van der Waals surface area contributed by atoms with Gasteiger partial charge in [-0.2, -0.15) is 0 Å². The fourth-order valence-corrected chi connectivity index (χ4v) is 7.08. The molecule has 3 heterocycles. The van der Waals surface area contributed by atoms with Gasteiger partial charge in [0, 0.05) is 68.1 Å². The second-order valence-corrected chi connectivity index (χ2v) is 12.8. The number of likely N-dealkylation sites (tertiary alicyclic amines) is 1. The molecule has 0 spiro atoms. The fourth-order valence-electron chi connectivity index (χ4n) is 7.08. The Morgan fingerprint density at radius 2 is 1.02 bits per heavy atom. The van der Waals surface area contributed by atoms with Gasteiger partial charge >= 0.3 is 0 Å². The van der Waals surface area contributed by atoms with E-state index in [9.17, 15) is 0 Å². The average molecular weight is 721 g/mol. The molecule has 0 bridgehead atoms. The van der Waals surface area contributed by atoms with Crippen LogP contribution < -0.4 is 38.1 Å². The standard InChI is InChI=1S/C42H48N4O7/c1-47-36-11-9-8-10-35(36)46(27-29-17-33(25-44-23-29)31-20-39(50-4)42(53-7)40(21-31)51-5)34-12-14-45(15-13-34)26-28-16-32(24-43-22-28)30-18-37(48-2)41(52-6)38(19-30)49-3/h8-11,16-25,34H,12-15,26-27H2,1-7H3. The molecule has 0 unspecified atom stereocenters. The molecule has 11 nitrogen and oxygen atoms in total. The molecule has 11 heteroatoms. The molecule has 6 rings (SSSR count). The summed E-state index contributed by atoms with van der Waals surface area (Å²) in [6.07, 6.45) is 9.58. The maximum Gasteiger partial charge on any atom is 0.203 e. The first kappa shape index (κ1) is 37.1. The Kier molecular flexibility index (Phi) is 12.1. The van der Waals surface area contributed by atoms with Crippen LogP contribution in [-0.2, 0) is 13.1 Å². The predicted molar refractivity (Wildman–Crippen MR) is 206 cm³/mol. The van der Waals surface area contributed by atoms with Crippen LogP contribution in [0.15, 0.2) is 85.5 Å². The summed E-state index contributed by atoms with van der Waals surface area (Å²) in [5.41, 5.74) is 7.11. The van der Waals surface area contributed by atoms with Crippen molar-refractivity contribution in [2.24, 2.45) is 0 Å². The van der Waals surface area contributed by atoms with Crippen LogP contribution in [0.5, 0.6) is 40.2 Å². The first-order valence-electron chi connectivity index (χ1n) is 17.5. The highest BCUT2D eigenvalue weighted by Crippen LogP contribution is 2.43. The summed E-state index contributed by atoms with van der Waals surface area (Å²) < 4.78 is 39.4. The molecule has 278 valence electrons. The zero-order chi connectivity index (χ0) is 37.3. The molecule has 0 aliphatic carbocycles. The van der Waals surface area contributed by atoms with Gasteiger partial charge in [-0.15, -0.1) is 0 Å². The number of benzene rings is 3. The lowest BCUT2D eigenvalue weighted by molar-refractivity contribution is 0.200. The van der Waals surface area contributed by atoms with Crippen molar-refractivity contribution in [1.29, 1.82) is 0 Å². The summed E-state index contributed by atoms with van der Waals surface area (Å²) in [6, 6.07) is 20.7. The van der Waals surface area contributed by atoms with Crippen LogP contribution in [0.1, 0.15) is 24.0 Å². The third-order valence-corrected chi connectivity index (χ3v) is 9.74. The molecular weight excluding hydrogens is 672 g/mol. The number of rotatable bonds is 15. The number of anilines is 1. The molecule has 0 amide bonds. The molecule has 1 fully saturated rings. The number of ether oxygens (including phenoxy) is 7. The van der Waals surface area contributed by atoms with Crippen molar-refractivity contribution in [3.05, 3.63) is 96.6 Å². The van der Waals surface area contributed by atoms with Crippen LogP contribution in [-0.4, -0.2) is 83.8 Å². The van der Waals surface area contributed by atoms with E-state index in [1.165, 1.54) is 0 Å². The van der Waals surface area contributed by atoms with E-state index in [4.69, 9.17) is 33.2 Å². The van der Waals surface area contributed by atoms with E-state index >= 15 is 0 Å². The first-order valence-corrected chi connectivity index (χ1v) is 17.5. The Labute approximate surface area is 312 Å². The zero-order valence-electron chi connectivity index (χ0n) is 31.5. The number of hydrogen-bond donors (Lipinski definition) is 0. The minimum Gasteiger partial charge on any atom is -0.495 e. The predicted octanol–water partition coefficient (Wildman–Crippen LogP) is 7.54. The monoisotopic (exact) mass is 720 g/mol. The number of aromatic nitrogens is 2. The molecule has 0 radical (unpaired) electrons. The van der Waals surface area contributed by atoms with Gasteiger partial charge in [-0.25, -0.2) is 0 Å². The van der Waals surface area contributed by atoms with E-state index < -0.39 is 0 Å². The van der Waals surface area contributed by atoms with Crippen molar-refractivity contribution in [2.75, 3.05) is 67.8 Å². The number of piperidine rings is 1. The van der Waals surface area contributed by atoms with Gasteiger partial charge in [0.2, 0.25) is 11.5 Å². The van der Waals surface area contributed by atoms with E-state index in [1.807, 2.05) is 61.2 Å². The largest absolute Gasteiger partial charge is 0.495 e. The second-order valence-electron chi connectivity index (χ2n) is 12.8. The molecule has 5 aromatic rings. The van der Waals surface area contributed by atoms with Gasteiger partial charge in [0.15, 0.2) is 23.0 Å². The summed E-state index contributed by atoms with van der Waals surface area (Å²) in [5, 5.41) is 0. The highest BCUT2D eigenvalue weighted by atomic mass is 16.5. The number of methoxy groups -OCH3 is 7. The third kappa shape index (κ3) is 8.20. The molecule has 1 aliphatic rings. The van der Waals surface area contributed by atoms with Crippen LogP contribution in [0, 0.1) is 0 Å². The summed E-state index contributed by atoms with van der Waals surface area (Å²) in [4.78, 5) is 14.2. The quantitative estimate of drug-likeness (QED) is 0.107. The van der Waals surface area contributed by atoms with E-state index in [0.29, 0.717) is 41.0 Å². The van der Waals surface area contributed by atoms with Gasteiger partial charge in [0.1, 0.15) is 5.75 Å². The molecular formula is C42H48N4O7. The summed E-state index contributed by atoms with van der Waals surface area (Å²) in [5.74, 6) is 4.37. The molecule has 0 saturated carbocycles. The topological polar surface area (TPSA) is 96.9 Å². The molecule has 1 saturated heterocycles. The fraction of sp³-hybridized carbons (Fsp3) is 0.333.